The quantitative estimate of drug-likeness (QED) is 0.636. The highest BCUT2D eigenvalue weighted by Gasteiger charge is 2.40. The van der Waals surface area contributed by atoms with Gasteiger partial charge in [-0.3, -0.25) is 9.69 Å². The van der Waals surface area contributed by atoms with Crippen LogP contribution in [-0.2, 0) is 4.79 Å². The first-order valence-electron chi connectivity index (χ1n) is 6.88. The first kappa shape index (κ1) is 14.5. The van der Waals surface area contributed by atoms with Crippen molar-refractivity contribution in [1.29, 1.82) is 0 Å². The topological polar surface area (TPSA) is 66.6 Å². The van der Waals surface area contributed by atoms with Crippen LogP contribution in [0.3, 0.4) is 0 Å². The highest BCUT2D eigenvalue weighted by Crippen LogP contribution is 2.24. The van der Waals surface area contributed by atoms with Crippen LogP contribution in [0.1, 0.15) is 58.3 Å². The molecule has 0 spiro atoms. The maximum absolute atomic E-state index is 11.5. The highest BCUT2D eigenvalue weighted by atomic mass is 16.3. The van der Waals surface area contributed by atoms with Gasteiger partial charge in [0.2, 0.25) is 0 Å². The summed E-state index contributed by atoms with van der Waals surface area (Å²) in [4.78, 5) is 13.3. The van der Waals surface area contributed by atoms with Crippen molar-refractivity contribution in [3.63, 3.8) is 0 Å². The van der Waals surface area contributed by atoms with Crippen LogP contribution in [0, 0.1) is 0 Å². The molecule has 1 aliphatic rings. The number of hydrogen-bond donors (Lipinski definition) is 2. The summed E-state index contributed by atoms with van der Waals surface area (Å²) < 4.78 is 0. The third-order valence-corrected chi connectivity index (χ3v) is 3.65. The highest BCUT2D eigenvalue weighted by molar-refractivity contribution is 5.82. The molecule has 0 radical (unpaired) electrons. The van der Waals surface area contributed by atoms with Crippen molar-refractivity contribution in [2.45, 2.75) is 64.0 Å². The van der Waals surface area contributed by atoms with E-state index in [4.69, 9.17) is 5.73 Å². The number of nitrogens with two attached hydrogens (primary N) is 1. The summed E-state index contributed by atoms with van der Waals surface area (Å²) >= 11 is 0. The van der Waals surface area contributed by atoms with Gasteiger partial charge in [0, 0.05) is 13.1 Å². The number of amides is 1. The largest absolute Gasteiger partial charge is 0.367 e. The number of nitrogens with zero attached hydrogens (tertiary/aromatic N) is 1. The molecule has 1 fully saturated rings. The molecule has 4 heteroatoms. The Hall–Kier alpha value is -0.610. The lowest BCUT2D eigenvalue weighted by Gasteiger charge is -2.34. The number of primary amides is 1. The second-order valence-electron chi connectivity index (χ2n) is 5.04. The van der Waals surface area contributed by atoms with Crippen LogP contribution in [0.5, 0.6) is 0 Å². The van der Waals surface area contributed by atoms with Gasteiger partial charge in [0.25, 0.3) is 5.91 Å². The van der Waals surface area contributed by atoms with Crippen LogP contribution in [0.25, 0.3) is 0 Å². The molecule has 1 aliphatic heterocycles. The molecule has 0 saturated carbocycles. The van der Waals surface area contributed by atoms with E-state index >= 15 is 0 Å². The Morgan fingerprint density at radius 1 is 1.24 bits per heavy atom. The second kappa shape index (κ2) is 6.97. The third kappa shape index (κ3) is 3.96. The number of rotatable bonds is 8. The fourth-order valence-corrected chi connectivity index (χ4v) is 2.50. The molecule has 0 aromatic carbocycles. The Bertz CT molecular complexity index is 240. The van der Waals surface area contributed by atoms with Crippen LogP contribution in [0.4, 0.5) is 0 Å². The van der Waals surface area contributed by atoms with Crippen molar-refractivity contribution in [3.05, 3.63) is 0 Å². The number of unbranched alkanes of at least 4 members (excludes halogenated alkanes) is 4. The van der Waals surface area contributed by atoms with Crippen molar-refractivity contribution in [1.82, 2.24) is 4.90 Å². The van der Waals surface area contributed by atoms with Gasteiger partial charge in [-0.15, -0.1) is 0 Å². The predicted molar refractivity (Wildman–Crippen MR) is 68.3 cm³/mol. The minimum Gasteiger partial charge on any atom is -0.367 e. The van der Waals surface area contributed by atoms with Gasteiger partial charge in [0.15, 0.2) is 5.72 Å². The van der Waals surface area contributed by atoms with E-state index in [1.54, 1.807) is 0 Å². The molecule has 1 amide bonds. The Kier molecular flexibility index (Phi) is 5.92. The van der Waals surface area contributed by atoms with Crippen LogP contribution in [0.15, 0.2) is 0 Å². The maximum Gasteiger partial charge on any atom is 0.264 e. The van der Waals surface area contributed by atoms with Crippen LogP contribution < -0.4 is 5.73 Å². The number of carbonyl (C=O) groups excluding carboxylic acids is 1. The average molecular weight is 242 g/mol. The first-order chi connectivity index (χ1) is 8.11. The molecule has 0 unspecified atom stereocenters. The van der Waals surface area contributed by atoms with Crippen LogP contribution >= 0.6 is 0 Å². The summed E-state index contributed by atoms with van der Waals surface area (Å²) in [6.45, 7) is 3.74. The zero-order valence-electron chi connectivity index (χ0n) is 11.0. The molecule has 1 saturated heterocycles. The van der Waals surface area contributed by atoms with E-state index in [9.17, 15) is 9.90 Å². The van der Waals surface area contributed by atoms with E-state index in [0.29, 0.717) is 6.42 Å². The van der Waals surface area contributed by atoms with Crippen molar-refractivity contribution in [2.24, 2.45) is 5.73 Å². The minimum absolute atomic E-state index is 0.478. The van der Waals surface area contributed by atoms with Gasteiger partial charge in [-0.05, 0) is 25.7 Å². The van der Waals surface area contributed by atoms with Crippen LogP contribution in [-0.4, -0.2) is 34.7 Å². The van der Waals surface area contributed by atoms with E-state index in [-0.39, 0.29) is 0 Å². The summed E-state index contributed by atoms with van der Waals surface area (Å²) in [5.74, 6) is -0.588. The van der Waals surface area contributed by atoms with E-state index in [2.05, 4.69) is 6.92 Å². The summed E-state index contributed by atoms with van der Waals surface area (Å²) in [6, 6.07) is 0. The maximum atomic E-state index is 11.5. The Morgan fingerprint density at radius 2 is 1.82 bits per heavy atom. The monoisotopic (exact) mass is 242 g/mol. The summed E-state index contributed by atoms with van der Waals surface area (Å²) in [5, 5.41) is 10.4. The van der Waals surface area contributed by atoms with Gasteiger partial charge in [-0.2, -0.15) is 0 Å². The molecule has 0 aromatic rings. The molecular formula is C13H26N2O2. The molecule has 1 heterocycles. The van der Waals surface area contributed by atoms with Gasteiger partial charge in [-0.25, -0.2) is 0 Å². The summed E-state index contributed by atoms with van der Waals surface area (Å²) in [7, 11) is 0. The molecule has 0 aliphatic carbocycles. The SMILES string of the molecule is CCCCCCC[C@@](O)(C(N)=O)N1CCCC1. The Morgan fingerprint density at radius 3 is 2.35 bits per heavy atom. The van der Waals surface area contributed by atoms with Gasteiger partial charge in [0.1, 0.15) is 0 Å². The number of hydrogen-bond acceptors (Lipinski definition) is 3. The van der Waals surface area contributed by atoms with Gasteiger partial charge in [-0.1, -0.05) is 32.6 Å². The lowest BCUT2D eigenvalue weighted by atomic mass is 10.0. The normalized spacial score (nSPS) is 20.4. The zero-order chi connectivity index (χ0) is 12.7. The molecule has 3 N–H and O–H groups in total. The van der Waals surface area contributed by atoms with Crippen molar-refractivity contribution < 1.29 is 9.90 Å². The Labute approximate surface area is 104 Å². The molecule has 1 atom stereocenters. The van der Waals surface area contributed by atoms with E-state index in [1.165, 1.54) is 19.3 Å². The molecule has 0 aromatic heterocycles. The fraction of sp³-hybridized carbons (Fsp3) is 0.923. The fourth-order valence-electron chi connectivity index (χ4n) is 2.50. The van der Waals surface area contributed by atoms with Gasteiger partial charge < -0.3 is 10.8 Å². The van der Waals surface area contributed by atoms with Crippen molar-refractivity contribution in [2.75, 3.05) is 13.1 Å². The standard InChI is InChI=1S/C13H26N2O2/c1-2-3-4-5-6-9-13(17,12(14)16)15-10-7-8-11-15/h17H,2-11H2,1H3,(H2,14,16)/t13-/m1/s1. The van der Waals surface area contributed by atoms with E-state index < -0.39 is 11.6 Å². The summed E-state index contributed by atoms with van der Waals surface area (Å²) in [6.07, 6.45) is 8.10. The first-order valence-corrected chi connectivity index (χ1v) is 6.88. The van der Waals surface area contributed by atoms with Crippen molar-refractivity contribution in [3.8, 4) is 0 Å². The molecule has 1 rings (SSSR count). The zero-order valence-corrected chi connectivity index (χ0v) is 11.0. The second-order valence-corrected chi connectivity index (χ2v) is 5.04. The molecule has 0 bridgehead atoms. The number of likely N-dealkylation sites (tertiary alicyclic amines) is 1. The van der Waals surface area contributed by atoms with Crippen LogP contribution in [0.2, 0.25) is 0 Å². The van der Waals surface area contributed by atoms with E-state index in [1.807, 2.05) is 4.90 Å². The average Bonchev–Trinajstić information content (AvgIpc) is 2.82. The van der Waals surface area contributed by atoms with Crippen molar-refractivity contribution >= 4 is 5.91 Å². The van der Waals surface area contributed by atoms with Gasteiger partial charge >= 0.3 is 0 Å². The lowest BCUT2D eigenvalue weighted by Crippen LogP contribution is -2.56. The number of carbonyl (C=O) groups is 1. The summed E-state index contributed by atoms with van der Waals surface area (Å²) in [5.41, 5.74) is 3.96. The van der Waals surface area contributed by atoms with Gasteiger partial charge in [0.05, 0.1) is 0 Å². The third-order valence-electron chi connectivity index (χ3n) is 3.65. The smallest absolute Gasteiger partial charge is 0.264 e. The van der Waals surface area contributed by atoms with E-state index in [0.717, 1.165) is 38.8 Å². The molecular weight excluding hydrogens is 216 g/mol. The molecule has 4 nitrogen and oxygen atoms in total. The minimum atomic E-state index is -1.40. The molecule has 100 valence electrons. The number of aliphatic hydroxyl groups is 1. The predicted octanol–water partition coefficient (Wildman–Crippen LogP) is 1.62. The lowest BCUT2D eigenvalue weighted by molar-refractivity contribution is -0.160. The molecule has 17 heavy (non-hydrogen) atoms. The Balaban J connectivity index is 2.39.